The fourth-order valence-electron chi connectivity index (χ4n) is 4.11. The van der Waals surface area contributed by atoms with Crippen LogP contribution in [0.5, 0.6) is 0 Å². The first kappa shape index (κ1) is 27.4. The average molecular weight is 523 g/mol. The monoisotopic (exact) mass is 522 g/mol. The van der Waals surface area contributed by atoms with Crippen molar-refractivity contribution in [2.45, 2.75) is 51.9 Å². The summed E-state index contributed by atoms with van der Waals surface area (Å²) in [5, 5.41) is 11.9. The van der Waals surface area contributed by atoms with Gasteiger partial charge >= 0.3 is 0 Å². The van der Waals surface area contributed by atoms with Gasteiger partial charge in [-0.05, 0) is 60.7 Å². The van der Waals surface area contributed by atoms with Gasteiger partial charge in [-0.3, -0.25) is 0 Å². The molecule has 0 aliphatic heterocycles. The van der Waals surface area contributed by atoms with Gasteiger partial charge in [-0.2, -0.15) is 0 Å². The van der Waals surface area contributed by atoms with Gasteiger partial charge in [0.05, 0.1) is 5.69 Å². The van der Waals surface area contributed by atoms with Gasteiger partial charge in [-0.1, -0.05) is 80.8 Å². The Morgan fingerprint density at radius 2 is 1.26 bits per heavy atom. The molecule has 8 heteroatoms. The summed E-state index contributed by atoms with van der Waals surface area (Å²) in [6, 6.07) is 25.8. The van der Waals surface area contributed by atoms with Gasteiger partial charge in [0.15, 0.2) is 29.8 Å². The quantitative estimate of drug-likeness (QED) is 0.212. The lowest BCUT2D eigenvalue weighted by atomic mass is 10.0. The van der Waals surface area contributed by atoms with Crippen molar-refractivity contribution in [3.05, 3.63) is 108 Å². The van der Waals surface area contributed by atoms with Crippen LogP contribution in [0.25, 0.3) is 22.2 Å². The molecule has 0 unspecified atom stereocenters. The highest BCUT2D eigenvalue weighted by Gasteiger charge is 2.10. The first-order chi connectivity index (χ1) is 19.2. The number of rotatable bonds is 8. The molecule has 39 heavy (non-hydrogen) atoms. The van der Waals surface area contributed by atoms with E-state index in [0.717, 1.165) is 59.1 Å². The summed E-state index contributed by atoms with van der Waals surface area (Å²) in [4.78, 5) is 7.90. The molecule has 0 saturated carbocycles. The van der Waals surface area contributed by atoms with Crippen molar-refractivity contribution in [2.24, 2.45) is 0 Å². The molecule has 0 atom stereocenters. The third-order valence-corrected chi connectivity index (χ3v) is 6.22. The number of benzene rings is 3. The SMILES string of the molecule is CCCCCCc1c(N)nnnc1CCc1ccccc1.c1ccc2ocnc2c1.c1ccc2ocnc2c1. The molecule has 3 aromatic carbocycles. The molecule has 3 aromatic heterocycles. The van der Waals surface area contributed by atoms with E-state index in [9.17, 15) is 0 Å². The van der Waals surface area contributed by atoms with Crippen LogP contribution in [-0.4, -0.2) is 25.4 Å². The van der Waals surface area contributed by atoms with Gasteiger partial charge in [0.1, 0.15) is 11.0 Å². The third-order valence-electron chi connectivity index (χ3n) is 6.22. The predicted octanol–water partition coefficient (Wildman–Crippen LogP) is 7.02. The molecule has 6 aromatic rings. The Morgan fingerprint density at radius 3 is 1.87 bits per heavy atom. The molecule has 2 N–H and O–H groups in total. The molecule has 8 nitrogen and oxygen atoms in total. The van der Waals surface area contributed by atoms with Crippen molar-refractivity contribution in [1.82, 2.24) is 25.4 Å². The largest absolute Gasteiger partial charge is 0.443 e. The van der Waals surface area contributed by atoms with Crippen molar-refractivity contribution in [1.29, 1.82) is 0 Å². The molecule has 0 fully saturated rings. The minimum Gasteiger partial charge on any atom is -0.443 e. The van der Waals surface area contributed by atoms with E-state index in [1.807, 2.05) is 54.6 Å². The number of unbranched alkanes of at least 4 members (excludes halogenated alkanes) is 3. The van der Waals surface area contributed by atoms with Crippen LogP contribution in [0.3, 0.4) is 0 Å². The average Bonchev–Trinajstić information content (AvgIpc) is 3.66. The number of para-hydroxylation sites is 4. The van der Waals surface area contributed by atoms with Crippen LogP contribution in [0.15, 0.2) is 100 Å². The lowest BCUT2D eigenvalue weighted by molar-refractivity contribution is 0.602. The van der Waals surface area contributed by atoms with Crippen LogP contribution in [0.2, 0.25) is 0 Å². The number of nitrogen functional groups attached to an aromatic ring is 1. The maximum atomic E-state index is 5.99. The van der Waals surface area contributed by atoms with Crippen molar-refractivity contribution in [3.8, 4) is 0 Å². The highest BCUT2D eigenvalue weighted by Crippen LogP contribution is 2.17. The van der Waals surface area contributed by atoms with Gasteiger partial charge in [0.25, 0.3) is 0 Å². The number of aryl methyl sites for hydroxylation is 2. The normalized spacial score (nSPS) is 10.5. The fraction of sp³-hybridized carbons (Fsp3) is 0.258. The second-order valence-electron chi connectivity index (χ2n) is 9.04. The zero-order chi connectivity index (χ0) is 27.1. The Balaban J connectivity index is 0.000000159. The van der Waals surface area contributed by atoms with E-state index in [1.54, 1.807) is 0 Å². The lowest BCUT2D eigenvalue weighted by Crippen LogP contribution is -2.09. The first-order valence-electron chi connectivity index (χ1n) is 13.3. The maximum Gasteiger partial charge on any atom is 0.181 e. The molecule has 0 radical (unpaired) electrons. The molecule has 0 amide bonds. The summed E-state index contributed by atoms with van der Waals surface area (Å²) in [6.45, 7) is 2.22. The van der Waals surface area contributed by atoms with E-state index < -0.39 is 0 Å². The molecule has 0 aliphatic carbocycles. The van der Waals surface area contributed by atoms with Gasteiger partial charge in [0.2, 0.25) is 0 Å². The standard InChI is InChI=1S/C17H24N4.2C7H5NO/c1-2-3-4-8-11-15-16(19-21-20-17(15)18)13-12-14-9-6-5-7-10-14;2*1-2-4-7-6(3-1)8-5-9-7/h5-7,9-10H,2-4,8,11-13H2,1H3,(H2,18,19,20);2*1-5H. The Kier molecular flexibility index (Phi) is 10.5. The van der Waals surface area contributed by atoms with Crippen LogP contribution >= 0.6 is 0 Å². The minimum atomic E-state index is 0.546. The van der Waals surface area contributed by atoms with Gasteiger partial charge < -0.3 is 14.6 Å². The zero-order valence-electron chi connectivity index (χ0n) is 22.2. The van der Waals surface area contributed by atoms with E-state index in [4.69, 9.17) is 14.6 Å². The number of hydrogen-bond acceptors (Lipinski definition) is 8. The van der Waals surface area contributed by atoms with Crippen molar-refractivity contribution >= 4 is 28.0 Å². The van der Waals surface area contributed by atoms with E-state index in [0.29, 0.717) is 5.82 Å². The zero-order valence-corrected chi connectivity index (χ0v) is 22.2. The van der Waals surface area contributed by atoms with E-state index >= 15 is 0 Å². The molecular weight excluding hydrogens is 488 g/mol. The Bertz CT molecular complexity index is 1400. The number of oxazole rings is 2. The minimum absolute atomic E-state index is 0.546. The molecule has 6 rings (SSSR count). The van der Waals surface area contributed by atoms with Gasteiger partial charge in [-0.15, -0.1) is 10.2 Å². The number of anilines is 1. The van der Waals surface area contributed by atoms with Crippen molar-refractivity contribution in [3.63, 3.8) is 0 Å². The smallest absolute Gasteiger partial charge is 0.181 e. The molecule has 0 bridgehead atoms. The summed E-state index contributed by atoms with van der Waals surface area (Å²) >= 11 is 0. The lowest BCUT2D eigenvalue weighted by Gasteiger charge is -2.09. The summed E-state index contributed by atoms with van der Waals surface area (Å²) < 4.78 is 10.0. The van der Waals surface area contributed by atoms with Crippen LogP contribution in [0, 0.1) is 0 Å². The Hall–Kier alpha value is -4.59. The third kappa shape index (κ3) is 8.46. The molecule has 0 saturated heterocycles. The summed E-state index contributed by atoms with van der Waals surface area (Å²) in [5.41, 5.74) is 12.9. The van der Waals surface area contributed by atoms with Crippen LogP contribution in [0.4, 0.5) is 5.82 Å². The van der Waals surface area contributed by atoms with E-state index in [-0.39, 0.29) is 0 Å². The number of nitrogens with two attached hydrogens (primary N) is 1. The van der Waals surface area contributed by atoms with Crippen molar-refractivity contribution < 1.29 is 8.83 Å². The maximum absolute atomic E-state index is 5.99. The van der Waals surface area contributed by atoms with Crippen LogP contribution in [0.1, 0.15) is 49.4 Å². The number of aromatic nitrogens is 5. The van der Waals surface area contributed by atoms with Gasteiger partial charge in [0, 0.05) is 5.56 Å². The number of nitrogens with zero attached hydrogens (tertiary/aromatic N) is 5. The second-order valence-corrected chi connectivity index (χ2v) is 9.04. The summed E-state index contributed by atoms with van der Waals surface area (Å²) in [7, 11) is 0. The summed E-state index contributed by atoms with van der Waals surface area (Å²) in [5.74, 6) is 0.546. The highest BCUT2D eigenvalue weighted by molar-refractivity contribution is 5.71. The molecular formula is C31H34N6O2. The number of fused-ring (bicyclic) bond motifs is 2. The molecule has 200 valence electrons. The summed E-state index contributed by atoms with van der Waals surface area (Å²) in [6.07, 6.45) is 10.6. The molecule has 0 spiro atoms. The Morgan fingerprint density at radius 1 is 0.641 bits per heavy atom. The van der Waals surface area contributed by atoms with Gasteiger partial charge in [-0.25, -0.2) is 9.97 Å². The first-order valence-corrected chi connectivity index (χ1v) is 13.3. The number of hydrogen-bond donors (Lipinski definition) is 1. The Labute approximate surface area is 228 Å². The highest BCUT2D eigenvalue weighted by atomic mass is 16.3. The predicted molar refractivity (Wildman–Crippen MR) is 154 cm³/mol. The van der Waals surface area contributed by atoms with E-state index in [2.05, 4.69) is 56.6 Å². The van der Waals surface area contributed by atoms with Crippen molar-refractivity contribution in [2.75, 3.05) is 5.73 Å². The fourth-order valence-corrected chi connectivity index (χ4v) is 4.11. The van der Waals surface area contributed by atoms with Crippen LogP contribution < -0.4 is 5.73 Å². The topological polar surface area (TPSA) is 117 Å². The molecule has 3 heterocycles. The van der Waals surface area contributed by atoms with E-state index in [1.165, 1.54) is 37.6 Å². The molecule has 0 aliphatic rings. The van der Waals surface area contributed by atoms with Crippen LogP contribution in [-0.2, 0) is 19.3 Å². The second kappa shape index (κ2) is 15.0.